The number of carboxylic acids is 1. The van der Waals surface area contributed by atoms with Crippen LogP contribution in [0, 0.1) is 6.92 Å². The zero-order valence-electron chi connectivity index (χ0n) is 14.6. The number of aryl methyl sites for hydroxylation is 1. The van der Waals surface area contributed by atoms with Crippen LogP contribution in [0.1, 0.15) is 19.5 Å². The number of carbonyl (C=O) groups is 1. The van der Waals surface area contributed by atoms with Crippen LogP contribution in [0.2, 0.25) is 0 Å². The summed E-state index contributed by atoms with van der Waals surface area (Å²) in [7, 11) is 2.02. The second-order valence-corrected chi connectivity index (χ2v) is 6.35. The van der Waals surface area contributed by atoms with Gasteiger partial charge in [-0.2, -0.15) is 0 Å². The van der Waals surface area contributed by atoms with E-state index in [0.717, 1.165) is 27.7 Å². The van der Waals surface area contributed by atoms with E-state index in [1.807, 2.05) is 37.4 Å². The van der Waals surface area contributed by atoms with Crippen LogP contribution in [0.3, 0.4) is 0 Å². The van der Waals surface area contributed by atoms with Crippen LogP contribution < -0.4 is 4.74 Å². The summed E-state index contributed by atoms with van der Waals surface area (Å²) >= 11 is 0. The third-order valence-electron chi connectivity index (χ3n) is 4.32. The minimum Gasteiger partial charge on any atom is -0.478 e. The van der Waals surface area contributed by atoms with Gasteiger partial charge in [-0.05, 0) is 56.7 Å². The Balaban J connectivity index is 0.00000225. The summed E-state index contributed by atoms with van der Waals surface area (Å²) in [6, 6.07) is 9.61. The lowest BCUT2D eigenvalue weighted by Crippen LogP contribution is -2.37. The van der Waals surface area contributed by atoms with Gasteiger partial charge in [0.1, 0.15) is 5.75 Å². The van der Waals surface area contributed by atoms with E-state index in [-0.39, 0.29) is 12.4 Å². The molecular weight excluding hydrogens is 340 g/mol. The van der Waals surface area contributed by atoms with Gasteiger partial charge in [0.15, 0.2) is 5.60 Å². The Hall–Kier alpha value is -2.53. The van der Waals surface area contributed by atoms with E-state index in [2.05, 4.69) is 16.5 Å². The van der Waals surface area contributed by atoms with Crippen LogP contribution in [-0.4, -0.2) is 26.2 Å². The van der Waals surface area contributed by atoms with E-state index in [0.29, 0.717) is 5.75 Å². The van der Waals surface area contributed by atoms with Gasteiger partial charge in [-0.25, -0.2) is 4.79 Å². The van der Waals surface area contributed by atoms with E-state index in [9.17, 15) is 9.90 Å². The molecule has 0 unspecified atom stereocenters. The summed E-state index contributed by atoms with van der Waals surface area (Å²) in [5, 5.41) is 10.3. The molecule has 0 radical (unpaired) electrons. The molecule has 0 bridgehead atoms. The molecule has 132 valence electrons. The van der Waals surface area contributed by atoms with Crippen molar-refractivity contribution in [2.45, 2.75) is 26.4 Å². The number of nitrogens with zero attached hydrogens (tertiary/aromatic N) is 2. The second kappa shape index (κ2) is 6.76. The van der Waals surface area contributed by atoms with Gasteiger partial charge >= 0.3 is 5.97 Å². The first-order valence-corrected chi connectivity index (χ1v) is 7.73. The van der Waals surface area contributed by atoms with Gasteiger partial charge in [-0.3, -0.25) is 4.98 Å². The Kier molecular flexibility index (Phi) is 5.09. The van der Waals surface area contributed by atoms with Crippen LogP contribution in [0.25, 0.3) is 22.0 Å². The smallest absolute Gasteiger partial charge is 0.347 e. The molecule has 0 spiro atoms. The normalized spacial score (nSPS) is 11.2. The van der Waals surface area contributed by atoms with Gasteiger partial charge in [0.2, 0.25) is 0 Å². The minimum absolute atomic E-state index is 0. The fraction of sp³-hybridized carbons (Fsp3) is 0.263. The maximum absolute atomic E-state index is 11.3. The molecule has 2 aromatic heterocycles. The maximum atomic E-state index is 11.3. The predicted molar refractivity (Wildman–Crippen MR) is 100 cm³/mol. The average molecular weight is 361 g/mol. The molecule has 0 aliphatic carbocycles. The van der Waals surface area contributed by atoms with Crippen LogP contribution >= 0.6 is 12.4 Å². The number of aromatic nitrogens is 2. The van der Waals surface area contributed by atoms with Crippen LogP contribution in [-0.2, 0) is 11.8 Å². The highest BCUT2D eigenvalue weighted by Crippen LogP contribution is 2.36. The largest absolute Gasteiger partial charge is 0.478 e. The number of hydrogen-bond acceptors (Lipinski definition) is 3. The standard InChI is InChI=1S/C19H20N2O3.ClH/c1-12-17(13-7-9-20-10-8-13)15-11-14(5-6-16(15)21(12)4)24-19(2,3)18(22)23;/h5-11H,1-4H3,(H,22,23);1H. The first-order valence-electron chi connectivity index (χ1n) is 7.73. The summed E-state index contributed by atoms with van der Waals surface area (Å²) in [5.74, 6) is -0.461. The Morgan fingerprint density at radius 1 is 1.20 bits per heavy atom. The Bertz CT molecular complexity index is 917. The topological polar surface area (TPSA) is 64.3 Å². The highest BCUT2D eigenvalue weighted by Gasteiger charge is 2.29. The molecule has 5 nitrogen and oxygen atoms in total. The first kappa shape index (κ1) is 18.8. The zero-order chi connectivity index (χ0) is 17.5. The molecule has 1 aromatic carbocycles. The van der Waals surface area contributed by atoms with Crippen LogP contribution in [0.5, 0.6) is 5.75 Å². The molecule has 3 aromatic rings. The van der Waals surface area contributed by atoms with Crippen molar-refractivity contribution in [2.24, 2.45) is 7.05 Å². The van der Waals surface area contributed by atoms with Crippen molar-refractivity contribution < 1.29 is 14.6 Å². The molecule has 0 saturated carbocycles. The summed E-state index contributed by atoms with van der Waals surface area (Å²) in [6.45, 7) is 5.15. The molecule has 0 fully saturated rings. The molecule has 1 N–H and O–H groups in total. The highest BCUT2D eigenvalue weighted by molar-refractivity contribution is 5.98. The Labute approximate surface area is 152 Å². The van der Waals surface area contributed by atoms with E-state index >= 15 is 0 Å². The molecule has 0 amide bonds. The number of benzene rings is 1. The van der Waals surface area contributed by atoms with E-state index < -0.39 is 11.6 Å². The lowest BCUT2D eigenvalue weighted by molar-refractivity contribution is -0.152. The maximum Gasteiger partial charge on any atom is 0.347 e. The van der Waals surface area contributed by atoms with Gasteiger partial charge in [-0.1, -0.05) is 0 Å². The van der Waals surface area contributed by atoms with Crippen molar-refractivity contribution in [1.29, 1.82) is 0 Å². The summed E-state index contributed by atoms with van der Waals surface area (Å²) in [4.78, 5) is 15.4. The van der Waals surface area contributed by atoms with Gasteiger partial charge in [-0.15, -0.1) is 12.4 Å². The fourth-order valence-corrected chi connectivity index (χ4v) is 2.84. The zero-order valence-corrected chi connectivity index (χ0v) is 15.4. The minimum atomic E-state index is -1.28. The summed E-state index contributed by atoms with van der Waals surface area (Å²) in [5.41, 5.74) is 3.09. The van der Waals surface area contributed by atoms with Gasteiger partial charge < -0.3 is 14.4 Å². The number of pyridine rings is 1. The average Bonchev–Trinajstić information content (AvgIpc) is 2.79. The summed E-state index contributed by atoms with van der Waals surface area (Å²) in [6.07, 6.45) is 3.53. The number of hydrogen-bond donors (Lipinski definition) is 1. The number of ether oxygens (including phenoxy) is 1. The van der Waals surface area contributed by atoms with Gasteiger partial charge in [0, 0.05) is 41.6 Å². The quantitative estimate of drug-likeness (QED) is 0.756. The van der Waals surface area contributed by atoms with Crippen LogP contribution in [0.15, 0.2) is 42.7 Å². The van der Waals surface area contributed by atoms with Crippen molar-refractivity contribution in [1.82, 2.24) is 9.55 Å². The van der Waals surface area contributed by atoms with E-state index in [1.165, 1.54) is 0 Å². The van der Waals surface area contributed by atoms with Gasteiger partial charge in [0.05, 0.1) is 0 Å². The van der Waals surface area contributed by atoms with Crippen molar-refractivity contribution >= 4 is 29.3 Å². The molecule has 0 aliphatic rings. The molecule has 0 saturated heterocycles. The number of aliphatic carboxylic acids is 1. The SMILES string of the molecule is Cc1c(-c2ccncc2)c2cc(OC(C)(C)C(=O)O)ccc2n1C.Cl. The molecular formula is C19H21ClN2O3. The Morgan fingerprint density at radius 2 is 1.84 bits per heavy atom. The van der Waals surface area contributed by atoms with E-state index in [4.69, 9.17) is 4.74 Å². The molecule has 2 heterocycles. The summed E-state index contributed by atoms with van der Waals surface area (Å²) < 4.78 is 7.81. The highest BCUT2D eigenvalue weighted by atomic mass is 35.5. The Morgan fingerprint density at radius 3 is 2.44 bits per heavy atom. The predicted octanol–water partition coefficient (Wildman–Crippen LogP) is 4.21. The van der Waals surface area contributed by atoms with Crippen molar-refractivity contribution in [3.8, 4) is 16.9 Å². The van der Waals surface area contributed by atoms with Gasteiger partial charge in [0.25, 0.3) is 0 Å². The lowest BCUT2D eigenvalue weighted by atomic mass is 10.0. The molecule has 3 rings (SSSR count). The van der Waals surface area contributed by atoms with Crippen LogP contribution in [0.4, 0.5) is 0 Å². The van der Waals surface area contributed by atoms with Crippen molar-refractivity contribution in [3.05, 3.63) is 48.4 Å². The molecule has 0 atom stereocenters. The number of rotatable bonds is 4. The lowest BCUT2D eigenvalue weighted by Gasteiger charge is -2.21. The first-order chi connectivity index (χ1) is 11.3. The fourth-order valence-electron chi connectivity index (χ4n) is 2.84. The monoisotopic (exact) mass is 360 g/mol. The molecule has 6 heteroatoms. The number of halogens is 1. The van der Waals surface area contributed by atoms with Crippen molar-refractivity contribution in [3.63, 3.8) is 0 Å². The molecule has 0 aliphatic heterocycles. The number of fused-ring (bicyclic) bond motifs is 1. The van der Waals surface area contributed by atoms with E-state index in [1.54, 1.807) is 26.2 Å². The third kappa shape index (κ3) is 3.33. The molecule has 25 heavy (non-hydrogen) atoms. The van der Waals surface area contributed by atoms with Crippen molar-refractivity contribution in [2.75, 3.05) is 0 Å². The third-order valence-corrected chi connectivity index (χ3v) is 4.32. The second-order valence-electron chi connectivity index (χ2n) is 6.35. The number of carboxylic acid groups (broad SMARTS) is 1.